The van der Waals surface area contributed by atoms with Gasteiger partial charge in [0.05, 0.1) is 0 Å². The van der Waals surface area contributed by atoms with Crippen molar-refractivity contribution in [1.82, 2.24) is 0 Å². The van der Waals surface area contributed by atoms with E-state index in [2.05, 4.69) is 0 Å². The van der Waals surface area contributed by atoms with Gasteiger partial charge in [-0.15, -0.1) is 0 Å². The van der Waals surface area contributed by atoms with Gasteiger partial charge in [0, 0.05) is 5.56 Å². The summed E-state index contributed by atoms with van der Waals surface area (Å²) in [4.78, 5) is 10.9. The third kappa shape index (κ3) is 1.16. The maximum atomic E-state index is 10.9. The fraction of sp³-hybridized carbons (Fsp3) is 0.125. The van der Waals surface area contributed by atoms with Crippen LogP contribution in [0, 0.1) is 6.92 Å². The molecule has 2 N–H and O–H groups in total. The van der Waals surface area contributed by atoms with Gasteiger partial charge in [-0.3, -0.25) is 4.79 Å². The summed E-state index contributed by atoms with van der Waals surface area (Å²) < 4.78 is 6.64. The zero-order valence-corrected chi connectivity index (χ0v) is 5.72. The summed E-state index contributed by atoms with van der Waals surface area (Å²) in [5, 5.41) is 0. The number of carbonyl (C=O) groups is 1. The lowest BCUT2D eigenvalue weighted by Crippen LogP contribution is -2.12. The highest BCUT2D eigenvalue weighted by atomic mass is 16.1. The van der Waals surface area contributed by atoms with Crippen LogP contribution in [0.5, 0.6) is 0 Å². The molecule has 0 saturated heterocycles. The fourth-order valence-corrected chi connectivity index (χ4v) is 0.828. The number of carbonyl (C=O) groups excluding carboxylic acids is 1. The molecule has 0 bridgehead atoms. The Labute approximate surface area is 61.1 Å². The van der Waals surface area contributed by atoms with Crippen molar-refractivity contribution in [1.29, 1.82) is 0 Å². The first-order valence-corrected chi connectivity index (χ1v) is 3.03. The molecule has 2 nitrogen and oxygen atoms in total. The molecule has 2 heteroatoms. The summed E-state index contributed by atoms with van der Waals surface area (Å²) >= 11 is 0. The number of nitrogens with two attached hydrogens (primary N) is 1. The minimum Gasteiger partial charge on any atom is -0.366 e. The van der Waals surface area contributed by atoms with E-state index in [1.807, 2.05) is 24.8 Å². The number of hydrogen-bond donors (Lipinski definition) is 1. The van der Waals surface area contributed by atoms with E-state index in [-0.39, 0.29) is 5.91 Å². The molecule has 0 fully saturated rings. The van der Waals surface area contributed by atoms with Crippen LogP contribution in [-0.2, 0) is 0 Å². The molecule has 0 saturated carbocycles. The second-order valence-corrected chi connectivity index (χ2v) is 2.14. The highest BCUT2D eigenvalue weighted by Gasteiger charge is 2.00. The van der Waals surface area contributed by atoms with Crippen molar-refractivity contribution < 1.29 is 6.21 Å². The lowest BCUT2D eigenvalue weighted by atomic mass is 10.1. The van der Waals surface area contributed by atoms with Crippen LogP contribution in [0.3, 0.4) is 0 Å². The van der Waals surface area contributed by atoms with E-state index in [4.69, 9.17) is 1.41 Å². The van der Waals surface area contributed by atoms with Crippen LogP contribution in [-0.4, -0.2) is 5.91 Å². The maximum Gasteiger partial charge on any atom is 0.248 e. The van der Waals surface area contributed by atoms with Crippen LogP contribution in [0.15, 0.2) is 24.3 Å². The van der Waals surface area contributed by atoms with Gasteiger partial charge >= 0.3 is 0 Å². The predicted molar refractivity (Wildman–Crippen MR) is 39.7 cm³/mol. The van der Waals surface area contributed by atoms with Gasteiger partial charge in [-0.05, 0) is 18.6 Å². The molecule has 1 rings (SSSR count). The number of rotatable bonds is 1. The SMILES string of the molecule is [2H]NC(=O)c1ccccc1C. The molecule has 0 aliphatic carbocycles. The predicted octanol–water partition coefficient (Wildman–Crippen LogP) is 1.09. The molecule has 0 radical (unpaired) electrons. The van der Waals surface area contributed by atoms with Crippen LogP contribution < -0.4 is 5.73 Å². The van der Waals surface area contributed by atoms with E-state index in [1.54, 1.807) is 12.1 Å². The summed E-state index contributed by atoms with van der Waals surface area (Å²) in [5.41, 5.74) is 3.28. The van der Waals surface area contributed by atoms with Crippen molar-refractivity contribution in [3.8, 4) is 0 Å². The molecule has 0 spiro atoms. The Balaban J connectivity index is 3.03. The molecular formula is C8H9NO. The lowest BCUT2D eigenvalue weighted by molar-refractivity contribution is 0.1000. The van der Waals surface area contributed by atoms with Crippen molar-refractivity contribution in [2.45, 2.75) is 6.92 Å². The summed E-state index contributed by atoms with van der Waals surface area (Å²) in [7, 11) is 0. The monoisotopic (exact) mass is 136 g/mol. The molecule has 0 atom stereocenters. The van der Waals surface area contributed by atoms with Gasteiger partial charge in [-0.2, -0.15) is 0 Å². The highest BCUT2D eigenvalue weighted by molar-refractivity contribution is 5.94. The summed E-state index contributed by atoms with van der Waals surface area (Å²) in [6.07, 6.45) is 0. The molecule has 0 heterocycles. The topological polar surface area (TPSA) is 43.1 Å². The molecule has 0 aromatic heterocycles. The number of hydrogen-bond acceptors (Lipinski definition) is 1. The second kappa shape index (κ2) is 2.52. The van der Waals surface area contributed by atoms with Crippen molar-refractivity contribution in [2.75, 3.05) is 0 Å². The van der Waals surface area contributed by atoms with E-state index < -0.39 is 0 Å². The van der Waals surface area contributed by atoms with Gasteiger partial charge in [-0.25, -0.2) is 0 Å². The van der Waals surface area contributed by atoms with Crippen LogP contribution in [0.4, 0.5) is 0 Å². The highest BCUT2D eigenvalue weighted by Crippen LogP contribution is 2.04. The van der Waals surface area contributed by atoms with Crippen LogP contribution >= 0.6 is 0 Å². The van der Waals surface area contributed by atoms with E-state index in [9.17, 15) is 4.79 Å². The normalized spacial score (nSPS) is 10.3. The molecular weight excluding hydrogens is 126 g/mol. The molecule has 0 aliphatic heterocycles. The van der Waals surface area contributed by atoms with E-state index in [0.29, 0.717) is 5.56 Å². The Hall–Kier alpha value is -1.31. The van der Waals surface area contributed by atoms with Crippen molar-refractivity contribution in [2.24, 2.45) is 5.73 Å². The van der Waals surface area contributed by atoms with Crippen LogP contribution in [0.2, 0.25) is 1.41 Å². The molecule has 1 amide bonds. The summed E-state index contributed by atoms with van der Waals surface area (Å²) in [5.74, 6) is -0.358. The number of amides is 1. The lowest BCUT2D eigenvalue weighted by Gasteiger charge is -1.97. The average molecular weight is 136 g/mol. The first-order chi connectivity index (χ1) is 5.25. The number of benzene rings is 1. The van der Waals surface area contributed by atoms with E-state index >= 15 is 0 Å². The third-order valence-corrected chi connectivity index (χ3v) is 1.39. The average Bonchev–Trinajstić information content (AvgIpc) is 2.04. The Morgan fingerprint density at radius 2 is 2.30 bits per heavy atom. The van der Waals surface area contributed by atoms with Crippen molar-refractivity contribution in [3.63, 3.8) is 0 Å². The molecule has 1 aromatic carbocycles. The van der Waals surface area contributed by atoms with E-state index in [1.165, 1.54) is 0 Å². The van der Waals surface area contributed by atoms with Gasteiger partial charge in [0.15, 0.2) is 1.41 Å². The molecule has 1 aromatic rings. The minimum atomic E-state index is -0.358. The first-order valence-electron chi connectivity index (χ1n) is 3.53. The second-order valence-electron chi connectivity index (χ2n) is 2.14. The fourth-order valence-electron chi connectivity index (χ4n) is 0.828. The van der Waals surface area contributed by atoms with Crippen molar-refractivity contribution in [3.05, 3.63) is 35.4 Å². The largest absolute Gasteiger partial charge is 0.366 e. The van der Waals surface area contributed by atoms with Gasteiger partial charge < -0.3 is 5.73 Å². The third-order valence-electron chi connectivity index (χ3n) is 1.39. The molecule has 52 valence electrons. The number of aryl methyl sites for hydroxylation is 1. The number of primary amides is 1. The smallest absolute Gasteiger partial charge is 0.248 e. The quantitative estimate of drug-likeness (QED) is 0.617. The first kappa shape index (κ1) is 5.47. The summed E-state index contributed by atoms with van der Waals surface area (Å²) in [6.45, 7) is 1.84. The standard InChI is InChI=1S/C8H9NO/c1-6-4-2-3-5-7(6)8(9)10/h2-5H,1H3,(H2,9,10)/i/hD. The van der Waals surface area contributed by atoms with Gasteiger partial charge in [-0.1, -0.05) is 18.2 Å². The Morgan fingerprint density at radius 3 is 2.90 bits per heavy atom. The molecule has 0 aliphatic rings. The summed E-state index contributed by atoms with van der Waals surface area (Å²) in [6, 6.07) is 7.16. The minimum absolute atomic E-state index is 0.358. The van der Waals surface area contributed by atoms with Gasteiger partial charge in [0.25, 0.3) is 0 Å². The molecule has 10 heavy (non-hydrogen) atoms. The molecule has 0 unspecified atom stereocenters. The van der Waals surface area contributed by atoms with Crippen LogP contribution in [0.25, 0.3) is 0 Å². The van der Waals surface area contributed by atoms with Gasteiger partial charge in [0.2, 0.25) is 5.91 Å². The Morgan fingerprint density at radius 1 is 1.60 bits per heavy atom. The van der Waals surface area contributed by atoms with Crippen molar-refractivity contribution >= 4 is 5.91 Å². The van der Waals surface area contributed by atoms with Crippen LogP contribution in [0.1, 0.15) is 15.9 Å². The van der Waals surface area contributed by atoms with E-state index in [0.717, 1.165) is 5.56 Å². The Bertz CT molecular complexity index is 273. The zero-order chi connectivity index (χ0) is 8.27. The zero-order valence-electron chi connectivity index (χ0n) is 6.72. The van der Waals surface area contributed by atoms with Gasteiger partial charge in [0.1, 0.15) is 0 Å². The maximum absolute atomic E-state index is 10.9. The Kier molecular flexibility index (Phi) is 1.38.